The van der Waals surface area contributed by atoms with E-state index < -0.39 is 24.4 Å². The fourth-order valence-electron chi connectivity index (χ4n) is 1.07. The van der Waals surface area contributed by atoms with E-state index in [9.17, 15) is 5.11 Å². The van der Waals surface area contributed by atoms with E-state index in [0.717, 1.165) is 0 Å². The van der Waals surface area contributed by atoms with Gasteiger partial charge in [0.05, 0.1) is 25.4 Å². The molecule has 0 saturated carbocycles. The molecule has 11 heavy (non-hydrogen) atoms. The van der Waals surface area contributed by atoms with Crippen molar-refractivity contribution in [1.82, 2.24) is 0 Å². The van der Waals surface area contributed by atoms with Gasteiger partial charge in [-0.2, -0.15) is 0 Å². The summed E-state index contributed by atoms with van der Waals surface area (Å²) < 4.78 is 4.89. The fourth-order valence-corrected chi connectivity index (χ4v) is 1.07. The SMILES string of the molecule is NC1C(O)COC(CO)C1O. The van der Waals surface area contributed by atoms with Crippen molar-refractivity contribution in [3.05, 3.63) is 0 Å². The van der Waals surface area contributed by atoms with Gasteiger partial charge in [-0.05, 0) is 0 Å². The molecule has 0 amide bonds. The molecule has 1 saturated heterocycles. The number of nitrogens with two attached hydrogens (primary N) is 1. The zero-order valence-corrected chi connectivity index (χ0v) is 6.05. The van der Waals surface area contributed by atoms with Crippen LogP contribution in [0.4, 0.5) is 0 Å². The molecule has 1 rings (SSSR count). The summed E-state index contributed by atoms with van der Waals surface area (Å²) >= 11 is 0. The van der Waals surface area contributed by atoms with Crippen molar-refractivity contribution in [3.63, 3.8) is 0 Å². The molecule has 0 radical (unpaired) electrons. The van der Waals surface area contributed by atoms with Crippen LogP contribution in [0.3, 0.4) is 0 Å². The second-order valence-electron chi connectivity index (χ2n) is 2.69. The van der Waals surface area contributed by atoms with Gasteiger partial charge in [-0.25, -0.2) is 0 Å². The zero-order chi connectivity index (χ0) is 8.43. The molecule has 4 unspecified atom stereocenters. The summed E-state index contributed by atoms with van der Waals surface area (Å²) in [6.45, 7) is -0.203. The lowest BCUT2D eigenvalue weighted by molar-refractivity contribution is -0.147. The van der Waals surface area contributed by atoms with E-state index in [1.807, 2.05) is 0 Å². The average Bonchev–Trinajstić information content (AvgIpc) is 2.01. The first-order valence-corrected chi connectivity index (χ1v) is 3.51. The van der Waals surface area contributed by atoms with Crippen LogP contribution in [0.15, 0.2) is 0 Å². The van der Waals surface area contributed by atoms with Gasteiger partial charge in [0.25, 0.3) is 0 Å². The lowest BCUT2D eigenvalue weighted by Crippen LogP contribution is -2.58. The van der Waals surface area contributed by atoms with E-state index in [2.05, 4.69) is 0 Å². The van der Waals surface area contributed by atoms with E-state index in [-0.39, 0.29) is 13.2 Å². The zero-order valence-electron chi connectivity index (χ0n) is 6.05. The van der Waals surface area contributed by atoms with Crippen LogP contribution < -0.4 is 5.73 Å². The average molecular weight is 163 g/mol. The smallest absolute Gasteiger partial charge is 0.108 e. The Balaban J connectivity index is 2.52. The van der Waals surface area contributed by atoms with Gasteiger partial charge in [-0.1, -0.05) is 0 Å². The molecule has 5 heteroatoms. The number of rotatable bonds is 1. The highest BCUT2D eigenvalue weighted by atomic mass is 16.5. The molecule has 0 aromatic rings. The molecule has 1 heterocycles. The maximum absolute atomic E-state index is 9.24. The molecule has 0 aromatic heterocycles. The minimum Gasteiger partial charge on any atom is -0.394 e. The molecule has 0 aromatic carbocycles. The summed E-state index contributed by atoms with van der Waals surface area (Å²) in [7, 11) is 0. The summed E-state index contributed by atoms with van der Waals surface area (Å²) in [4.78, 5) is 0. The molecule has 4 atom stereocenters. The minimum absolute atomic E-state index is 0.0729. The topological polar surface area (TPSA) is 95.9 Å². The third-order valence-corrected chi connectivity index (χ3v) is 1.88. The maximum Gasteiger partial charge on any atom is 0.108 e. The molecule has 66 valence electrons. The van der Waals surface area contributed by atoms with Gasteiger partial charge in [0, 0.05) is 0 Å². The van der Waals surface area contributed by atoms with E-state index in [1.165, 1.54) is 0 Å². The normalized spacial score (nSPS) is 45.8. The van der Waals surface area contributed by atoms with Crippen molar-refractivity contribution in [1.29, 1.82) is 0 Å². The Labute approximate surface area is 64.4 Å². The molecule has 0 aliphatic carbocycles. The number of aliphatic hydroxyl groups excluding tert-OH is 3. The molecular weight excluding hydrogens is 150 g/mol. The van der Waals surface area contributed by atoms with Gasteiger partial charge in [-0.3, -0.25) is 0 Å². The lowest BCUT2D eigenvalue weighted by Gasteiger charge is -2.34. The predicted molar refractivity (Wildman–Crippen MR) is 36.8 cm³/mol. The van der Waals surface area contributed by atoms with Gasteiger partial charge in [0.15, 0.2) is 0 Å². The molecule has 1 fully saturated rings. The first-order chi connectivity index (χ1) is 5.16. The predicted octanol–water partition coefficient (Wildman–Crippen LogP) is -2.57. The Hall–Kier alpha value is -0.200. The minimum atomic E-state index is -0.983. The highest BCUT2D eigenvalue weighted by molar-refractivity contribution is 4.89. The van der Waals surface area contributed by atoms with Crippen molar-refractivity contribution < 1.29 is 20.1 Å². The van der Waals surface area contributed by atoms with Gasteiger partial charge in [-0.15, -0.1) is 0 Å². The monoisotopic (exact) mass is 163 g/mol. The van der Waals surface area contributed by atoms with Crippen molar-refractivity contribution >= 4 is 0 Å². The van der Waals surface area contributed by atoms with Crippen LogP contribution in [0.1, 0.15) is 0 Å². The van der Waals surface area contributed by atoms with Crippen LogP contribution in [0, 0.1) is 0 Å². The van der Waals surface area contributed by atoms with Crippen LogP contribution in [0.2, 0.25) is 0 Å². The Morgan fingerprint density at radius 2 is 2.09 bits per heavy atom. The number of hydrogen-bond donors (Lipinski definition) is 4. The van der Waals surface area contributed by atoms with Gasteiger partial charge >= 0.3 is 0 Å². The van der Waals surface area contributed by atoms with Crippen LogP contribution in [0.25, 0.3) is 0 Å². The second-order valence-corrected chi connectivity index (χ2v) is 2.69. The van der Waals surface area contributed by atoms with Crippen molar-refractivity contribution in [3.8, 4) is 0 Å². The van der Waals surface area contributed by atoms with Gasteiger partial charge < -0.3 is 25.8 Å². The molecule has 1 aliphatic heterocycles. The van der Waals surface area contributed by atoms with Crippen molar-refractivity contribution in [2.75, 3.05) is 13.2 Å². The standard InChI is InChI=1S/C6H13NO4/c7-5-3(9)2-11-4(1-8)6(5)10/h3-6,8-10H,1-2,7H2. The van der Waals surface area contributed by atoms with Crippen molar-refractivity contribution in [2.45, 2.75) is 24.4 Å². The van der Waals surface area contributed by atoms with E-state index in [0.29, 0.717) is 0 Å². The maximum atomic E-state index is 9.24. The lowest BCUT2D eigenvalue weighted by atomic mass is 9.99. The Morgan fingerprint density at radius 1 is 1.45 bits per heavy atom. The first kappa shape index (κ1) is 8.89. The third-order valence-electron chi connectivity index (χ3n) is 1.88. The molecule has 5 nitrogen and oxygen atoms in total. The van der Waals surface area contributed by atoms with Crippen LogP contribution >= 0.6 is 0 Å². The summed E-state index contributed by atoms with van der Waals surface area (Å²) in [5, 5.41) is 27.0. The molecule has 0 bridgehead atoms. The largest absolute Gasteiger partial charge is 0.394 e. The van der Waals surface area contributed by atoms with Crippen LogP contribution in [-0.2, 0) is 4.74 Å². The molecular formula is C6H13NO4. The van der Waals surface area contributed by atoms with Crippen LogP contribution in [0.5, 0.6) is 0 Å². The number of hydrogen-bond acceptors (Lipinski definition) is 5. The highest BCUT2D eigenvalue weighted by Crippen LogP contribution is 2.12. The van der Waals surface area contributed by atoms with E-state index in [1.54, 1.807) is 0 Å². The fraction of sp³-hybridized carbons (Fsp3) is 1.00. The summed E-state index contributed by atoms with van der Waals surface area (Å²) in [6, 6.07) is -0.721. The quantitative estimate of drug-likeness (QED) is 0.340. The molecule has 1 aliphatic rings. The number of ether oxygens (including phenoxy) is 1. The third kappa shape index (κ3) is 1.69. The highest BCUT2D eigenvalue weighted by Gasteiger charge is 2.35. The van der Waals surface area contributed by atoms with Crippen molar-refractivity contribution in [2.24, 2.45) is 5.73 Å². The summed E-state index contributed by atoms with van der Waals surface area (Å²) in [5.41, 5.74) is 5.40. The van der Waals surface area contributed by atoms with E-state index >= 15 is 0 Å². The second kappa shape index (κ2) is 3.46. The Morgan fingerprint density at radius 3 is 2.64 bits per heavy atom. The van der Waals surface area contributed by atoms with E-state index in [4.69, 9.17) is 20.7 Å². The van der Waals surface area contributed by atoms with Crippen LogP contribution in [-0.4, -0.2) is 52.9 Å². The molecule has 0 spiro atoms. The molecule has 5 N–H and O–H groups in total. The number of aliphatic hydroxyl groups is 3. The first-order valence-electron chi connectivity index (χ1n) is 3.51. The Kier molecular flexibility index (Phi) is 2.80. The van der Waals surface area contributed by atoms with Gasteiger partial charge in [0.1, 0.15) is 12.2 Å². The summed E-state index contributed by atoms with van der Waals surface area (Å²) in [5.74, 6) is 0. The van der Waals surface area contributed by atoms with Gasteiger partial charge in [0.2, 0.25) is 0 Å². The Bertz CT molecular complexity index is 130. The summed E-state index contributed by atoms with van der Waals surface area (Å²) in [6.07, 6.45) is -2.48.